The number of fused-ring (bicyclic) bond motifs is 7. The molecule has 0 aromatic carbocycles. The topological polar surface area (TPSA) is 332 Å². The van der Waals surface area contributed by atoms with Gasteiger partial charge in [-0.25, -0.2) is 0 Å². The summed E-state index contributed by atoms with van der Waals surface area (Å²) in [5.41, 5.74) is -3.11. The van der Waals surface area contributed by atoms with Gasteiger partial charge in [-0.15, -0.1) is 0 Å². The van der Waals surface area contributed by atoms with Gasteiger partial charge in [0.25, 0.3) is 0 Å². The molecule has 0 bridgehead atoms. The van der Waals surface area contributed by atoms with Crippen LogP contribution in [0.5, 0.6) is 0 Å². The molecule has 0 amide bonds. The molecule has 5 saturated carbocycles. The fourth-order valence-corrected chi connectivity index (χ4v) is 15.7. The van der Waals surface area contributed by atoms with Crippen LogP contribution in [0, 0.1) is 56.7 Å². The van der Waals surface area contributed by atoms with Crippen LogP contribution in [0.4, 0.5) is 0 Å². The van der Waals surface area contributed by atoms with E-state index in [9.17, 15) is 70.9 Å². The number of rotatable bonds is 10. The highest BCUT2D eigenvalue weighted by molar-refractivity contribution is 5.79. The van der Waals surface area contributed by atoms with Crippen molar-refractivity contribution in [3.05, 3.63) is 12.2 Å². The van der Waals surface area contributed by atoms with Crippen LogP contribution in [-0.4, -0.2) is 191 Å². The monoisotopic (exact) mass is 972 g/mol. The van der Waals surface area contributed by atoms with Crippen molar-refractivity contribution in [2.75, 3.05) is 13.2 Å². The van der Waals surface area contributed by atoms with Gasteiger partial charge in [-0.3, -0.25) is 9.59 Å². The molecule has 8 fully saturated rings. The number of ether oxygens (including phenoxy) is 6. The van der Waals surface area contributed by atoms with Crippen molar-refractivity contribution < 1.29 is 99.3 Å². The highest BCUT2D eigenvalue weighted by Gasteiger charge is 2.75. The average Bonchev–Trinajstić information content (AvgIpc) is 3.70. The number of aliphatic carboxylic acids is 1. The van der Waals surface area contributed by atoms with E-state index < -0.39 is 157 Å². The highest BCUT2D eigenvalue weighted by Crippen LogP contribution is 2.77. The number of esters is 1. The lowest BCUT2D eigenvalue weighted by Crippen LogP contribution is -2.71. The molecule has 0 aromatic heterocycles. The summed E-state index contributed by atoms with van der Waals surface area (Å²) in [6.07, 6.45) is -22.2. The molecule has 68 heavy (non-hydrogen) atoms. The number of hydrogen-bond donors (Lipinski definition) is 12. The second kappa shape index (κ2) is 18.5. The molecule has 5 aliphatic carbocycles. The smallest absolute Gasteiger partial charge is 0.314 e. The van der Waals surface area contributed by atoms with E-state index in [1.54, 1.807) is 6.92 Å². The van der Waals surface area contributed by atoms with Crippen molar-refractivity contribution in [2.45, 2.75) is 204 Å². The first-order chi connectivity index (χ1) is 31.7. The van der Waals surface area contributed by atoms with Gasteiger partial charge in [0.05, 0.1) is 42.4 Å². The quantitative estimate of drug-likeness (QED) is 0.0928. The van der Waals surface area contributed by atoms with Crippen molar-refractivity contribution in [1.82, 2.24) is 0 Å². The van der Waals surface area contributed by atoms with Crippen LogP contribution in [-0.2, 0) is 38.0 Å². The summed E-state index contributed by atoms with van der Waals surface area (Å²) in [7, 11) is 0. The maximum Gasteiger partial charge on any atom is 0.314 e. The van der Waals surface area contributed by atoms with E-state index in [0.29, 0.717) is 57.8 Å². The van der Waals surface area contributed by atoms with Crippen LogP contribution in [0.15, 0.2) is 12.2 Å². The van der Waals surface area contributed by atoms with Crippen LogP contribution < -0.4 is 0 Å². The van der Waals surface area contributed by atoms with E-state index in [-0.39, 0.29) is 29.6 Å². The Morgan fingerprint density at radius 2 is 1.32 bits per heavy atom. The molecule has 27 atom stereocenters. The van der Waals surface area contributed by atoms with Crippen molar-refractivity contribution in [3.8, 4) is 0 Å². The van der Waals surface area contributed by atoms with Crippen LogP contribution in [0.3, 0.4) is 0 Å². The van der Waals surface area contributed by atoms with Crippen LogP contribution in [0.1, 0.15) is 99.3 Å². The third-order valence-electron chi connectivity index (χ3n) is 19.8. The molecule has 0 aromatic rings. The number of allylic oxidation sites excluding steroid dienone is 1. The zero-order chi connectivity index (χ0) is 50.0. The fourth-order valence-electron chi connectivity index (χ4n) is 15.7. The average molecular weight is 973 g/mol. The molecular weight excluding hydrogens is 897 g/mol. The van der Waals surface area contributed by atoms with Crippen molar-refractivity contribution >= 4 is 11.9 Å². The summed E-state index contributed by atoms with van der Waals surface area (Å²) in [5, 5.41) is 131. The number of hydrogen-bond acceptors (Lipinski definition) is 19. The second-order valence-corrected chi connectivity index (χ2v) is 22.9. The van der Waals surface area contributed by atoms with Crippen molar-refractivity contribution in [1.29, 1.82) is 0 Å². The zero-order valence-electron chi connectivity index (χ0n) is 39.8. The Labute approximate surface area is 396 Å². The van der Waals surface area contributed by atoms with E-state index in [0.717, 1.165) is 5.57 Å². The molecule has 12 N–H and O–H groups in total. The minimum atomic E-state index is -1.90. The molecule has 0 spiro atoms. The third-order valence-corrected chi connectivity index (χ3v) is 19.8. The first-order valence-electron chi connectivity index (χ1n) is 24.5. The van der Waals surface area contributed by atoms with Crippen LogP contribution in [0.2, 0.25) is 0 Å². The van der Waals surface area contributed by atoms with Gasteiger partial charge in [0.2, 0.25) is 6.29 Å². The summed E-state index contributed by atoms with van der Waals surface area (Å²) in [6, 6.07) is 0. The largest absolute Gasteiger partial charge is 0.481 e. The van der Waals surface area contributed by atoms with E-state index in [4.69, 9.17) is 28.4 Å². The maximum absolute atomic E-state index is 15.0. The first-order valence-corrected chi connectivity index (χ1v) is 24.5. The Kier molecular flexibility index (Phi) is 14.3. The standard InChI is InChI=1S/C48H76O20/c1-19(2)21-8-13-48(15-14-45(5)22(28(21)48)16-23(50)38-44(4)11-10-27(51)47(7,42(60)61)26(44)9-12-46(38,45)6)43(62)68-41-35(58)32(55)30(53)25(66-41)18-63-39-36(59)33(56)37(24(17-49)65-39)67-40-34(57)31(54)29(52)20(3)64-40/h20-41,49-59H,1,8-18H2,2-7H3,(H,60,61). The third kappa shape index (κ3) is 7.76. The predicted molar refractivity (Wildman–Crippen MR) is 232 cm³/mol. The summed E-state index contributed by atoms with van der Waals surface area (Å²) >= 11 is 0. The van der Waals surface area contributed by atoms with Crippen molar-refractivity contribution in [3.63, 3.8) is 0 Å². The lowest BCUT2D eigenvalue weighted by Gasteiger charge is -2.73. The van der Waals surface area contributed by atoms with Gasteiger partial charge in [0.15, 0.2) is 12.6 Å². The molecular formula is C48H76O20. The van der Waals surface area contributed by atoms with Gasteiger partial charge < -0.3 is 89.7 Å². The maximum atomic E-state index is 15.0. The molecule has 8 rings (SSSR count). The van der Waals surface area contributed by atoms with Gasteiger partial charge in [-0.05, 0) is 124 Å². The highest BCUT2D eigenvalue weighted by atomic mass is 16.8. The normalized spacial score (nSPS) is 55.8. The molecule has 3 saturated heterocycles. The zero-order valence-corrected chi connectivity index (χ0v) is 39.8. The van der Waals surface area contributed by atoms with E-state index in [1.165, 1.54) is 6.92 Å². The number of carboxylic acids is 1. The van der Waals surface area contributed by atoms with Gasteiger partial charge >= 0.3 is 11.9 Å². The molecule has 3 aliphatic heterocycles. The Morgan fingerprint density at radius 1 is 0.691 bits per heavy atom. The number of carboxylic acid groups (broad SMARTS) is 1. The van der Waals surface area contributed by atoms with Crippen LogP contribution in [0.25, 0.3) is 0 Å². The number of carbonyl (C=O) groups excluding carboxylic acids is 1. The predicted octanol–water partition coefficient (Wildman–Crippen LogP) is -0.940. The Hall–Kier alpha value is -1.96. The summed E-state index contributed by atoms with van der Waals surface area (Å²) in [5.74, 6) is -3.05. The van der Waals surface area contributed by atoms with Gasteiger partial charge in [-0.1, -0.05) is 32.9 Å². The molecule has 20 heteroatoms. The SMILES string of the molecule is C=C(C)C1CCC2(C(=O)OC3OC(COC4OC(CO)C(OC5OC(C)C(O)C(O)C5O)C(O)C4O)C(O)C(O)C3O)CCC3(C)C(CC(O)C4C5(C)CCC(O)C(C)(C(=O)O)C5CCC43C)C12. The fraction of sp³-hybridized carbons (Fsp3) is 0.917. The summed E-state index contributed by atoms with van der Waals surface area (Å²) in [4.78, 5) is 27.9. The van der Waals surface area contributed by atoms with E-state index in [2.05, 4.69) is 27.4 Å². The Bertz CT molecular complexity index is 1890. The molecule has 20 nitrogen and oxygen atoms in total. The van der Waals surface area contributed by atoms with Crippen molar-refractivity contribution in [2.24, 2.45) is 56.7 Å². The molecule has 0 radical (unpaired) electrons. The number of carbonyl (C=O) groups is 2. The molecule has 8 aliphatic rings. The lowest BCUT2D eigenvalue weighted by molar-refractivity contribution is -0.361. The molecule has 388 valence electrons. The lowest BCUT2D eigenvalue weighted by atomic mass is 9.31. The Balaban J connectivity index is 0.982. The molecule has 3 heterocycles. The van der Waals surface area contributed by atoms with Gasteiger partial charge in [0.1, 0.15) is 67.1 Å². The van der Waals surface area contributed by atoms with E-state index in [1.807, 2.05) is 6.92 Å². The van der Waals surface area contributed by atoms with Gasteiger partial charge in [-0.2, -0.15) is 0 Å². The van der Waals surface area contributed by atoms with Crippen LogP contribution >= 0.6 is 0 Å². The van der Waals surface area contributed by atoms with E-state index >= 15 is 0 Å². The summed E-state index contributed by atoms with van der Waals surface area (Å²) in [6.45, 7) is 14.5. The number of aliphatic hydroxyl groups excluding tert-OH is 11. The molecule has 27 unspecified atom stereocenters. The minimum absolute atomic E-state index is 0.134. The summed E-state index contributed by atoms with van der Waals surface area (Å²) < 4.78 is 34.6. The first kappa shape index (κ1) is 52.4. The Morgan fingerprint density at radius 3 is 1.97 bits per heavy atom. The second-order valence-electron chi connectivity index (χ2n) is 22.9. The van der Waals surface area contributed by atoms with Gasteiger partial charge in [0, 0.05) is 0 Å². The number of aliphatic hydroxyl groups is 11. The minimum Gasteiger partial charge on any atom is -0.481 e.